The fourth-order valence-corrected chi connectivity index (χ4v) is 6.28. The number of nitrogens with one attached hydrogen (secondary N) is 1. The van der Waals surface area contributed by atoms with E-state index in [9.17, 15) is 18.0 Å². The number of hydrogen-bond acceptors (Lipinski definition) is 4. The third-order valence-electron chi connectivity index (χ3n) is 7.41. The molecule has 0 saturated carbocycles. The van der Waals surface area contributed by atoms with E-state index in [0.29, 0.717) is 27.7 Å². The highest BCUT2D eigenvalue weighted by molar-refractivity contribution is 7.92. The van der Waals surface area contributed by atoms with Crippen molar-refractivity contribution in [1.82, 2.24) is 10.2 Å². The number of carbonyl (C=O) groups is 2. The Morgan fingerprint density at radius 2 is 1.67 bits per heavy atom. The Morgan fingerprint density at radius 1 is 0.977 bits per heavy atom. The molecule has 2 amide bonds. The Kier molecular flexibility index (Phi) is 12.5. The molecule has 0 fully saturated rings. The molecule has 10 heteroatoms. The summed E-state index contributed by atoms with van der Waals surface area (Å²) in [7, 11) is -3.61. The van der Waals surface area contributed by atoms with Crippen LogP contribution in [0.1, 0.15) is 55.4 Å². The van der Waals surface area contributed by atoms with Crippen LogP contribution in [0.2, 0.25) is 10.0 Å². The van der Waals surface area contributed by atoms with Gasteiger partial charge in [-0.2, -0.15) is 0 Å². The van der Waals surface area contributed by atoms with Gasteiger partial charge in [0.2, 0.25) is 21.8 Å². The first-order valence-corrected chi connectivity index (χ1v) is 17.0. The standard InChI is InChI=1S/C33H41Cl2N3O4S/c1-6-25(4)36-33(40)31(20-26-11-8-7-9-12-26)37(22-27-16-17-28(34)21-29(27)35)32(39)13-10-18-38(43(5,41)42)30-19-23(2)14-15-24(30)3/h7-9,11-12,14-17,19,21,25,31H,6,10,13,18,20,22H2,1-5H3,(H,36,40)/t25-,31-/m0/s1. The van der Waals surface area contributed by atoms with E-state index in [1.165, 1.54) is 10.6 Å². The van der Waals surface area contributed by atoms with E-state index in [0.717, 1.165) is 23.1 Å². The van der Waals surface area contributed by atoms with Crippen molar-refractivity contribution < 1.29 is 18.0 Å². The normalized spacial score (nSPS) is 12.8. The molecule has 2 atom stereocenters. The van der Waals surface area contributed by atoms with Gasteiger partial charge in [-0.1, -0.05) is 78.7 Å². The largest absolute Gasteiger partial charge is 0.352 e. The summed E-state index contributed by atoms with van der Waals surface area (Å²) in [6.45, 7) is 7.88. The van der Waals surface area contributed by atoms with Crippen molar-refractivity contribution in [1.29, 1.82) is 0 Å². The number of benzene rings is 3. The quantitative estimate of drug-likeness (QED) is 0.211. The third-order valence-corrected chi connectivity index (χ3v) is 9.18. The number of hydrogen-bond donors (Lipinski definition) is 1. The molecule has 3 aromatic carbocycles. The van der Waals surface area contributed by atoms with E-state index in [2.05, 4.69) is 5.32 Å². The van der Waals surface area contributed by atoms with Crippen molar-refractivity contribution in [3.05, 3.63) is 99.0 Å². The highest BCUT2D eigenvalue weighted by atomic mass is 35.5. The number of amides is 2. The average molecular weight is 647 g/mol. The molecule has 0 unspecified atom stereocenters. The number of anilines is 1. The number of carbonyl (C=O) groups excluding carboxylic acids is 2. The zero-order valence-electron chi connectivity index (χ0n) is 25.4. The lowest BCUT2D eigenvalue weighted by Gasteiger charge is -2.33. The second-order valence-electron chi connectivity index (χ2n) is 11.0. The molecule has 3 rings (SSSR count). The molecule has 1 N–H and O–H groups in total. The van der Waals surface area contributed by atoms with E-state index in [1.54, 1.807) is 23.1 Å². The Balaban J connectivity index is 1.94. The lowest BCUT2D eigenvalue weighted by atomic mass is 10.0. The molecule has 0 aliphatic rings. The molecule has 3 aromatic rings. The minimum atomic E-state index is -3.61. The van der Waals surface area contributed by atoms with Gasteiger partial charge < -0.3 is 10.2 Å². The molecule has 0 spiro atoms. The molecule has 7 nitrogen and oxygen atoms in total. The van der Waals surface area contributed by atoms with Crippen LogP contribution in [-0.4, -0.2) is 50.0 Å². The van der Waals surface area contributed by atoms with Crippen LogP contribution in [0.25, 0.3) is 0 Å². The van der Waals surface area contributed by atoms with Crippen LogP contribution in [-0.2, 0) is 32.6 Å². The third kappa shape index (κ3) is 9.98. The van der Waals surface area contributed by atoms with Gasteiger partial charge in [0.1, 0.15) is 6.04 Å². The first-order valence-electron chi connectivity index (χ1n) is 14.4. The fraction of sp³-hybridized carbons (Fsp3) is 0.394. The Hall–Kier alpha value is -3.07. The maximum atomic E-state index is 14.0. The lowest BCUT2D eigenvalue weighted by molar-refractivity contribution is -0.141. The summed E-state index contributed by atoms with van der Waals surface area (Å²) in [4.78, 5) is 29.3. The van der Waals surface area contributed by atoms with Gasteiger partial charge in [0.25, 0.3) is 0 Å². The second-order valence-corrected chi connectivity index (χ2v) is 13.8. The summed E-state index contributed by atoms with van der Waals surface area (Å²) in [5, 5.41) is 3.91. The minimum Gasteiger partial charge on any atom is -0.352 e. The molecule has 0 bridgehead atoms. The van der Waals surface area contributed by atoms with Crippen LogP contribution in [0.15, 0.2) is 66.7 Å². The Morgan fingerprint density at radius 3 is 2.30 bits per heavy atom. The summed E-state index contributed by atoms with van der Waals surface area (Å²) in [5.41, 5.74) is 3.92. The van der Waals surface area contributed by atoms with Gasteiger partial charge in [-0.25, -0.2) is 8.42 Å². The van der Waals surface area contributed by atoms with Crippen molar-refractivity contribution in [2.24, 2.45) is 0 Å². The topological polar surface area (TPSA) is 86.8 Å². The van der Waals surface area contributed by atoms with Crippen molar-refractivity contribution in [3.8, 4) is 0 Å². The van der Waals surface area contributed by atoms with Crippen molar-refractivity contribution in [2.75, 3.05) is 17.1 Å². The van der Waals surface area contributed by atoms with Gasteiger partial charge in [-0.05, 0) is 74.1 Å². The molecule has 0 heterocycles. The lowest BCUT2D eigenvalue weighted by Crippen LogP contribution is -2.52. The smallest absolute Gasteiger partial charge is 0.243 e. The molecule has 232 valence electrons. The molecule has 0 aromatic heterocycles. The zero-order chi connectivity index (χ0) is 31.7. The van der Waals surface area contributed by atoms with E-state index in [1.807, 2.05) is 76.2 Å². The van der Waals surface area contributed by atoms with Crippen LogP contribution < -0.4 is 9.62 Å². The summed E-state index contributed by atoms with van der Waals surface area (Å²) >= 11 is 12.7. The van der Waals surface area contributed by atoms with Crippen molar-refractivity contribution in [3.63, 3.8) is 0 Å². The van der Waals surface area contributed by atoms with E-state index in [-0.39, 0.29) is 43.8 Å². The van der Waals surface area contributed by atoms with Gasteiger partial charge in [0.05, 0.1) is 11.9 Å². The highest BCUT2D eigenvalue weighted by Crippen LogP contribution is 2.27. The molecule has 0 aliphatic carbocycles. The van der Waals surface area contributed by atoms with Crippen LogP contribution in [0, 0.1) is 13.8 Å². The monoisotopic (exact) mass is 645 g/mol. The van der Waals surface area contributed by atoms with Gasteiger partial charge in [-0.15, -0.1) is 0 Å². The maximum absolute atomic E-state index is 14.0. The number of aryl methyl sites for hydroxylation is 2. The fourth-order valence-electron chi connectivity index (χ4n) is 4.80. The van der Waals surface area contributed by atoms with Gasteiger partial charge in [-0.3, -0.25) is 13.9 Å². The molecule has 0 aliphatic heterocycles. The van der Waals surface area contributed by atoms with Gasteiger partial charge in [0.15, 0.2) is 0 Å². The van der Waals surface area contributed by atoms with Crippen LogP contribution in [0.4, 0.5) is 5.69 Å². The molecular weight excluding hydrogens is 605 g/mol. The first-order chi connectivity index (χ1) is 20.3. The van der Waals surface area contributed by atoms with Gasteiger partial charge in [0, 0.05) is 42.0 Å². The average Bonchev–Trinajstić information content (AvgIpc) is 2.95. The van der Waals surface area contributed by atoms with E-state index < -0.39 is 16.1 Å². The summed E-state index contributed by atoms with van der Waals surface area (Å²) < 4.78 is 26.9. The second kappa shape index (κ2) is 15.6. The van der Waals surface area contributed by atoms with Crippen LogP contribution in [0.5, 0.6) is 0 Å². The highest BCUT2D eigenvalue weighted by Gasteiger charge is 2.31. The molecular formula is C33H41Cl2N3O4S. The Labute approximate surface area is 266 Å². The zero-order valence-corrected chi connectivity index (χ0v) is 27.8. The SMILES string of the molecule is CC[C@H](C)NC(=O)[C@H](Cc1ccccc1)N(Cc1ccc(Cl)cc1Cl)C(=O)CCCN(c1cc(C)ccc1C)S(C)(=O)=O. The van der Waals surface area contributed by atoms with E-state index >= 15 is 0 Å². The number of rotatable bonds is 14. The van der Waals surface area contributed by atoms with Gasteiger partial charge >= 0.3 is 0 Å². The number of sulfonamides is 1. The summed E-state index contributed by atoms with van der Waals surface area (Å²) in [6, 6.07) is 19.4. The maximum Gasteiger partial charge on any atom is 0.243 e. The van der Waals surface area contributed by atoms with Crippen LogP contribution >= 0.6 is 23.2 Å². The van der Waals surface area contributed by atoms with Crippen molar-refractivity contribution >= 4 is 50.7 Å². The summed E-state index contributed by atoms with van der Waals surface area (Å²) in [5.74, 6) is -0.537. The number of halogens is 2. The van der Waals surface area contributed by atoms with E-state index in [4.69, 9.17) is 23.2 Å². The number of nitrogens with zero attached hydrogens (tertiary/aromatic N) is 2. The van der Waals surface area contributed by atoms with Crippen molar-refractivity contribution in [2.45, 2.75) is 72.0 Å². The molecule has 0 radical (unpaired) electrons. The summed E-state index contributed by atoms with van der Waals surface area (Å²) in [6.07, 6.45) is 2.50. The molecule has 0 saturated heterocycles. The Bertz CT molecular complexity index is 1520. The predicted molar refractivity (Wildman–Crippen MR) is 176 cm³/mol. The van der Waals surface area contributed by atoms with Crippen LogP contribution in [0.3, 0.4) is 0 Å². The minimum absolute atomic E-state index is 0.0317. The molecule has 43 heavy (non-hydrogen) atoms. The first kappa shape index (κ1) is 34.4. The predicted octanol–water partition coefficient (Wildman–Crippen LogP) is 6.71.